The van der Waals surface area contributed by atoms with Gasteiger partial charge in [-0.05, 0) is 54.4 Å². The summed E-state index contributed by atoms with van der Waals surface area (Å²) in [5.74, 6) is 0.904. The lowest BCUT2D eigenvalue weighted by Crippen LogP contribution is -2.50. The Labute approximate surface area is 186 Å². The zero-order chi connectivity index (χ0) is 21.8. The third-order valence-corrected chi connectivity index (χ3v) is 5.82. The molecule has 2 amide bonds. The summed E-state index contributed by atoms with van der Waals surface area (Å²) in [6, 6.07) is 16.8. The lowest BCUT2D eigenvalue weighted by Gasteiger charge is -2.35. The van der Waals surface area contributed by atoms with Gasteiger partial charge in [0.05, 0.1) is 12.6 Å². The van der Waals surface area contributed by atoms with Crippen molar-refractivity contribution in [3.63, 3.8) is 0 Å². The molecule has 0 spiro atoms. The van der Waals surface area contributed by atoms with Crippen molar-refractivity contribution >= 4 is 34.3 Å². The van der Waals surface area contributed by atoms with Crippen molar-refractivity contribution in [2.24, 2.45) is 0 Å². The van der Waals surface area contributed by atoms with Crippen molar-refractivity contribution in [2.75, 3.05) is 33.3 Å². The molecule has 1 fully saturated rings. The topological polar surface area (TPSA) is 62.7 Å². The Kier molecular flexibility index (Phi) is 6.37. The number of hydrogen-bond acceptors (Lipinski definition) is 4. The number of carbonyl (C=O) groups is 2. The highest BCUT2D eigenvalue weighted by Gasteiger charge is 2.24. The summed E-state index contributed by atoms with van der Waals surface area (Å²) in [4.78, 5) is 33.4. The molecule has 1 aliphatic rings. The van der Waals surface area contributed by atoms with E-state index < -0.39 is 0 Å². The number of benzene rings is 2. The van der Waals surface area contributed by atoms with E-state index in [2.05, 4.69) is 4.98 Å². The van der Waals surface area contributed by atoms with Crippen LogP contribution in [0.3, 0.4) is 0 Å². The van der Waals surface area contributed by atoms with E-state index in [0.717, 1.165) is 22.2 Å². The zero-order valence-electron chi connectivity index (χ0n) is 17.4. The van der Waals surface area contributed by atoms with Crippen molar-refractivity contribution < 1.29 is 14.3 Å². The molecule has 7 heteroatoms. The lowest BCUT2D eigenvalue weighted by molar-refractivity contribution is -0.132. The first-order valence-electron chi connectivity index (χ1n) is 10.3. The fourth-order valence-corrected chi connectivity index (χ4v) is 3.93. The Bertz CT molecular complexity index is 1090. The summed E-state index contributed by atoms with van der Waals surface area (Å²) in [5, 5.41) is 1.31. The fourth-order valence-electron chi connectivity index (χ4n) is 3.78. The van der Waals surface area contributed by atoms with Crippen LogP contribution in [0.2, 0.25) is 5.15 Å². The van der Waals surface area contributed by atoms with Crippen molar-refractivity contribution in [3.05, 3.63) is 70.9 Å². The first-order chi connectivity index (χ1) is 15.0. The van der Waals surface area contributed by atoms with Crippen LogP contribution in [-0.4, -0.2) is 59.9 Å². The number of rotatable bonds is 5. The van der Waals surface area contributed by atoms with Gasteiger partial charge in [0.2, 0.25) is 5.91 Å². The summed E-state index contributed by atoms with van der Waals surface area (Å²) in [6.07, 6.45) is 1.15. The van der Waals surface area contributed by atoms with E-state index in [4.69, 9.17) is 16.3 Å². The fraction of sp³-hybridized carbons (Fsp3) is 0.292. The molecule has 2 heterocycles. The molecule has 2 aromatic carbocycles. The van der Waals surface area contributed by atoms with E-state index in [1.807, 2.05) is 47.4 Å². The van der Waals surface area contributed by atoms with Crippen LogP contribution >= 0.6 is 11.6 Å². The summed E-state index contributed by atoms with van der Waals surface area (Å²) < 4.78 is 5.16. The first kappa shape index (κ1) is 21.1. The van der Waals surface area contributed by atoms with Crippen LogP contribution < -0.4 is 4.74 Å². The van der Waals surface area contributed by atoms with Gasteiger partial charge in [0, 0.05) is 43.5 Å². The van der Waals surface area contributed by atoms with Gasteiger partial charge in [-0.1, -0.05) is 23.7 Å². The number of fused-ring (bicyclic) bond motifs is 1. The zero-order valence-corrected chi connectivity index (χ0v) is 18.1. The number of amides is 2. The molecule has 0 bridgehead atoms. The highest BCUT2D eigenvalue weighted by molar-refractivity contribution is 6.29. The summed E-state index contributed by atoms with van der Waals surface area (Å²) in [7, 11) is 1.64. The Morgan fingerprint density at radius 3 is 2.39 bits per heavy atom. The van der Waals surface area contributed by atoms with E-state index in [1.165, 1.54) is 0 Å². The molecule has 4 rings (SSSR count). The maximum Gasteiger partial charge on any atom is 0.253 e. The predicted octanol–water partition coefficient (Wildman–Crippen LogP) is 3.81. The Morgan fingerprint density at radius 2 is 1.68 bits per heavy atom. The Morgan fingerprint density at radius 1 is 0.968 bits per heavy atom. The highest BCUT2D eigenvalue weighted by atomic mass is 35.5. The SMILES string of the molecule is COc1ccc(CCC(=O)N2CCN(C(=O)c3ccc4nc(Cl)ccc4c3)CC2)cc1. The number of piperazine rings is 1. The van der Waals surface area contributed by atoms with Crippen LogP contribution in [-0.2, 0) is 11.2 Å². The molecular weight excluding hydrogens is 414 g/mol. The highest BCUT2D eigenvalue weighted by Crippen LogP contribution is 2.19. The van der Waals surface area contributed by atoms with Gasteiger partial charge >= 0.3 is 0 Å². The van der Waals surface area contributed by atoms with E-state index in [-0.39, 0.29) is 11.8 Å². The lowest BCUT2D eigenvalue weighted by atomic mass is 10.1. The second kappa shape index (κ2) is 9.35. The summed E-state index contributed by atoms with van der Waals surface area (Å²) >= 11 is 5.93. The molecule has 3 aromatic rings. The van der Waals surface area contributed by atoms with E-state index in [9.17, 15) is 9.59 Å². The Hall–Kier alpha value is -3.12. The molecule has 1 aromatic heterocycles. The molecule has 1 aliphatic heterocycles. The largest absolute Gasteiger partial charge is 0.497 e. The molecular formula is C24H24ClN3O3. The number of ether oxygens (including phenoxy) is 1. The van der Waals surface area contributed by atoms with Crippen molar-refractivity contribution in [3.8, 4) is 5.75 Å². The van der Waals surface area contributed by atoms with E-state index in [0.29, 0.717) is 49.7 Å². The first-order valence-corrected chi connectivity index (χ1v) is 10.7. The molecule has 0 saturated carbocycles. The van der Waals surface area contributed by atoms with Crippen LogP contribution in [0.5, 0.6) is 5.75 Å². The minimum Gasteiger partial charge on any atom is -0.497 e. The third-order valence-electron chi connectivity index (χ3n) is 5.61. The number of halogens is 1. The van der Waals surface area contributed by atoms with Gasteiger partial charge in [-0.15, -0.1) is 0 Å². The van der Waals surface area contributed by atoms with Gasteiger partial charge in [0.25, 0.3) is 5.91 Å². The van der Waals surface area contributed by atoms with Gasteiger partial charge in [-0.25, -0.2) is 4.98 Å². The van der Waals surface area contributed by atoms with Crippen LogP contribution in [0.25, 0.3) is 10.9 Å². The summed E-state index contributed by atoms with van der Waals surface area (Å²) in [6.45, 7) is 2.17. The Balaban J connectivity index is 1.30. The normalized spacial score (nSPS) is 14.0. The van der Waals surface area contributed by atoms with Gasteiger partial charge in [-0.2, -0.15) is 0 Å². The van der Waals surface area contributed by atoms with Gasteiger partial charge < -0.3 is 14.5 Å². The minimum absolute atomic E-state index is 0.0258. The van der Waals surface area contributed by atoms with Crippen LogP contribution in [0.1, 0.15) is 22.3 Å². The number of methoxy groups -OCH3 is 1. The smallest absolute Gasteiger partial charge is 0.253 e. The molecule has 0 N–H and O–H groups in total. The molecule has 6 nitrogen and oxygen atoms in total. The molecule has 0 radical (unpaired) electrons. The number of aryl methyl sites for hydroxylation is 1. The number of nitrogens with zero attached hydrogens (tertiary/aromatic N) is 3. The second-order valence-corrected chi connectivity index (χ2v) is 7.95. The molecule has 1 saturated heterocycles. The minimum atomic E-state index is -0.0258. The molecule has 0 unspecified atom stereocenters. The van der Waals surface area contributed by atoms with Crippen molar-refractivity contribution in [1.29, 1.82) is 0 Å². The van der Waals surface area contributed by atoms with Crippen LogP contribution in [0.4, 0.5) is 0 Å². The molecule has 160 valence electrons. The van der Waals surface area contributed by atoms with Crippen molar-refractivity contribution in [1.82, 2.24) is 14.8 Å². The summed E-state index contributed by atoms with van der Waals surface area (Å²) in [5.41, 5.74) is 2.49. The third kappa shape index (κ3) is 4.97. The average Bonchev–Trinajstić information content (AvgIpc) is 2.82. The standard InChI is InChI=1S/C24H24ClN3O3/c1-31-20-7-2-17(3-8-20)4-11-23(29)27-12-14-28(15-13-27)24(30)19-5-9-21-18(16-19)6-10-22(25)26-21/h2-3,5-10,16H,4,11-15H2,1H3. The van der Waals surface area contributed by atoms with Gasteiger partial charge in [0.1, 0.15) is 10.9 Å². The maximum absolute atomic E-state index is 12.9. The molecule has 31 heavy (non-hydrogen) atoms. The van der Waals surface area contributed by atoms with Crippen LogP contribution in [0.15, 0.2) is 54.6 Å². The predicted molar refractivity (Wildman–Crippen MR) is 121 cm³/mol. The van der Waals surface area contributed by atoms with Gasteiger partial charge in [0.15, 0.2) is 0 Å². The number of pyridine rings is 1. The number of aromatic nitrogens is 1. The monoisotopic (exact) mass is 437 g/mol. The van der Waals surface area contributed by atoms with E-state index >= 15 is 0 Å². The van der Waals surface area contributed by atoms with E-state index in [1.54, 1.807) is 24.1 Å². The van der Waals surface area contributed by atoms with Crippen LogP contribution in [0, 0.1) is 0 Å². The van der Waals surface area contributed by atoms with Crippen molar-refractivity contribution in [2.45, 2.75) is 12.8 Å². The number of hydrogen-bond donors (Lipinski definition) is 0. The second-order valence-electron chi connectivity index (χ2n) is 7.56. The average molecular weight is 438 g/mol. The maximum atomic E-state index is 12.9. The quantitative estimate of drug-likeness (QED) is 0.569. The van der Waals surface area contributed by atoms with Gasteiger partial charge in [-0.3, -0.25) is 9.59 Å². The number of carbonyl (C=O) groups excluding carboxylic acids is 2. The molecule has 0 aliphatic carbocycles. The molecule has 0 atom stereocenters.